The van der Waals surface area contributed by atoms with Crippen molar-refractivity contribution in [1.82, 2.24) is 4.90 Å². The molecule has 0 spiro atoms. The highest BCUT2D eigenvalue weighted by Crippen LogP contribution is 2.44. The third-order valence-corrected chi connectivity index (χ3v) is 13.3. The van der Waals surface area contributed by atoms with E-state index in [2.05, 4.69) is 132 Å². The third kappa shape index (κ3) is 15.3. The number of nitrogens with zero attached hydrogens (tertiary/aromatic N) is 1. The number of hydrogen-bond acceptors (Lipinski definition) is 11. The first-order chi connectivity index (χ1) is 34.6. The van der Waals surface area contributed by atoms with Crippen LogP contribution in [0.25, 0.3) is 0 Å². The zero-order valence-electron chi connectivity index (χ0n) is 47.7. The van der Waals surface area contributed by atoms with E-state index >= 15 is 0 Å². The number of esters is 3. The smallest absolute Gasteiger partial charge is 0.344 e. The largest absolute Gasteiger partial charge is 0.483 e. The van der Waals surface area contributed by atoms with Crippen LogP contribution >= 0.6 is 0 Å². The molecule has 1 aliphatic carbocycles. The third-order valence-electron chi connectivity index (χ3n) is 13.3. The van der Waals surface area contributed by atoms with Gasteiger partial charge >= 0.3 is 17.9 Å². The molecule has 1 aliphatic rings. The molecule has 404 valence electrons. The molecule has 74 heavy (non-hydrogen) atoms. The molecule has 1 amide bonds. The van der Waals surface area contributed by atoms with Crippen molar-refractivity contribution in [2.75, 3.05) is 59.3 Å². The van der Waals surface area contributed by atoms with Crippen molar-refractivity contribution in [2.24, 2.45) is 0 Å². The standard InChI is InChI=1S/C62H85NO11/c1-18-63(19-2)51(64)35-71-55-39-23-41-29-48(60(9,10)11)31-43(56(41)72-36-52(65)68-20-3)25-45-33-50(62(15,16)17)34-46(58(45)74-38-54(67)70-22-5)26-44-32-49(61(12,13)14)30-42(57(44)73-37-53(66)69-21-4)24-40(55)28-47(27-39)59(6,7)8/h27-34H,18-26,35-38H2,1-17H3. The van der Waals surface area contributed by atoms with Crippen molar-refractivity contribution >= 4 is 23.8 Å². The van der Waals surface area contributed by atoms with Crippen molar-refractivity contribution in [3.05, 3.63) is 115 Å². The van der Waals surface area contributed by atoms with Crippen molar-refractivity contribution < 1.29 is 52.3 Å². The number of likely N-dealkylation sites (N-methyl/N-ethyl adjacent to an activating group) is 1. The second-order valence-corrected chi connectivity index (χ2v) is 23.3. The topological polar surface area (TPSA) is 136 Å². The maximum atomic E-state index is 13.9. The number of benzene rings is 4. The molecule has 12 heteroatoms. The van der Waals surface area contributed by atoms with Crippen LogP contribution in [0, 0.1) is 0 Å². The first-order valence-corrected chi connectivity index (χ1v) is 26.5. The van der Waals surface area contributed by atoms with Crippen molar-refractivity contribution in [3.8, 4) is 23.0 Å². The molecular formula is C62H85NO11. The lowest BCUT2D eigenvalue weighted by atomic mass is 9.79. The minimum Gasteiger partial charge on any atom is -0.483 e. The molecular weight excluding hydrogens is 935 g/mol. The van der Waals surface area contributed by atoms with Gasteiger partial charge in [0.05, 0.1) is 19.8 Å². The van der Waals surface area contributed by atoms with Gasteiger partial charge in [-0.15, -0.1) is 0 Å². The monoisotopic (exact) mass is 1020 g/mol. The van der Waals surface area contributed by atoms with E-state index in [1.165, 1.54) is 0 Å². The Morgan fingerprint density at radius 2 is 0.568 bits per heavy atom. The molecule has 0 saturated carbocycles. The van der Waals surface area contributed by atoms with Crippen molar-refractivity contribution in [2.45, 2.75) is 165 Å². The summed E-state index contributed by atoms with van der Waals surface area (Å²) in [6.07, 6.45) is 1.14. The van der Waals surface area contributed by atoms with Gasteiger partial charge < -0.3 is 38.1 Å². The number of rotatable bonds is 17. The van der Waals surface area contributed by atoms with E-state index in [0.717, 1.165) is 66.8 Å². The first-order valence-electron chi connectivity index (χ1n) is 26.5. The zero-order chi connectivity index (χ0) is 54.9. The maximum Gasteiger partial charge on any atom is 0.344 e. The van der Waals surface area contributed by atoms with Gasteiger partial charge in [-0.3, -0.25) is 4.79 Å². The van der Waals surface area contributed by atoms with Gasteiger partial charge in [-0.05, 0) is 123 Å². The summed E-state index contributed by atoms with van der Waals surface area (Å²) in [4.78, 5) is 55.5. The summed E-state index contributed by atoms with van der Waals surface area (Å²) in [5.41, 5.74) is 9.20. The molecule has 0 aliphatic heterocycles. The Hall–Kier alpha value is -6.04. The summed E-state index contributed by atoms with van der Waals surface area (Å²) < 4.78 is 43.3. The van der Waals surface area contributed by atoms with Crippen LogP contribution in [0.2, 0.25) is 0 Å². The fourth-order valence-electron chi connectivity index (χ4n) is 9.17. The number of fused-ring (bicyclic) bond motifs is 8. The van der Waals surface area contributed by atoms with Crippen LogP contribution in [0.3, 0.4) is 0 Å². The number of amides is 1. The molecule has 0 aromatic heterocycles. The lowest BCUT2D eigenvalue weighted by Crippen LogP contribution is -2.34. The minimum absolute atomic E-state index is 0.142. The van der Waals surface area contributed by atoms with Crippen LogP contribution in [0.1, 0.15) is 184 Å². The highest BCUT2D eigenvalue weighted by atomic mass is 16.6. The van der Waals surface area contributed by atoms with E-state index < -0.39 is 17.9 Å². The molecule has 5 rings (SSSR count). The summed E-state index contributed by atoms with van der Waals surface area (Å²) in [6, 6.07) is 17.2. The fourth-order valence-corrected chi connectivity index (χ4v) is 9.17. The Labute approximate surface area is 442 Å². The van der Waals surface area contributed by atoms with Gasteiger partial charge in [0, 0.05) is 38.8 Å². The van der Waals surface area contributed by atoms with E-state index in [9.17, 15) is 19.2 Å². The summed E-state index contributed by atoms with van der Waals surface area (Å²) in [6.45, 7) is 35.6. The molecule has 0 unspecified atom stereocenters. The Morgan fingerprint density at radius 1 is 0.365 bits per heavy atom. The molecule has 8 bridgehead atoms. The quantitative estimate of drug-likeness (QED) is 0.0650. The SMILES string of the molecule is CCOC(=O)COc1c2cc(C(C)(C)C)cc1Cc1cc(C(C)(C)C)cc(c1OCC(=O)OCC)Cc1cc(C(C)(C)C)cc(c1OCC(=O)N(CC)CC)Cc1cc(C(C)(C)C)cc(c1OCC(=O)OCC)C2. The highest BCUT2D eigenvalue weighted by molar-refractivity contribution is 5.78. The molecule has 4 aromatic carbocycles. The Morgan fingerprint density at radius 3 is 0.743 bits per heavy atom. The van der Waals surface area contributed by atoms with E-state index in [0.29, 0.717) is 48.9 Å². The van der Waals surface area contributed by atoms with Crippen LogP contribution in [0.15, 0.2) is 48.5 Å². The van der Waals surface area contributed by atoms with Gasteiger partial charge in [0.1, 0.15) is 23.0 Å². The first kappa shape index (κ1) is 58.8. The Kier molecular flexibility index (Phi) is 19.5. The van der Waals surface area contributed by atoms with E-state index in [1.807, 2.05) is 13.8 Å². The fraction of sp³-hybridized carbons (Fsp3) is 0.548. The molecule has 4 aromatic rings. The molecule has 0 radical (unpaired) electrons. The number of hydrogen-bond donors (Lipinski definition) is 0. The predicted octanol–water partition coefficient (Wildman–Crippen LogP) is 11.6. The van der Waals surface area contributed by atoms with Gasteiger partial charge in [-0.2, -0.15) is 0 Å². The van der Waals surface area contributed by atoms with Crippen LogP contribution < -0.4 is 18.9 Å². The van der Waals surface area contributed by atoms with Crippen LogP contribution in [0.5, 0.6) is 23.0 Å². The lowest BCUT2D eigenvalue weighted by Gasteiger charge is -2.29. The molecule has 0 N–H and O–H groups in total. The molecule has 0 atom stereocenters. The second kappa shape index (κ2) is 24.5. The van der Waals surface area contributed by atoms with Crippen LogP contribution in [-0.2, 0) is 80.7 Å². The lowest BCUT2D eigenvalue weighted by molar-refractivity contribution is -0.146. The van der Waals surface area contributed by atoms with Crippen molar-refractivity contribution in [1.29, 1.82) is 0 Å². The number of carbonyl (C=O) groups excluding carboxylic acids is 4. The molecule has 0 heterocycles. The predicted molar refractivity (Wildman–Crippen MR) is 292 cm³/mol. The summed E-state index contributed by atoms with van der Waals surface area (Å²) in [5, 5.41) is 0. The summed E-state index contributed by atoms with van der Waals surface area (Å²) in [7, 11) is 0. The Bertz CT molecular complexity index is 2510. The minimum atomic E-state index is -0.509. The molecule has 0 fully saturated rings. The highest BCUT2D eigenvalue weighted by Gasteiger charge is 2.31. The van der Waals surface area contributed by atoms with Crippen LogP contribution in [0.4, 0.5) is 0 Å². The van der Waals surface area contributed by atoms with Gasteiger partial charge in [0.2, 0.25) is 0 Å². The summed E-state index contributed by atoms with van der Waals surface area (Å²) in [5.74, 6) is 0.425. The van der Waals surface area contributed by atoms with Crippen molar-refractivity contribution in [3.63, 3.8) is 0 Å². The van der Waals surface area contributed by atoms with Gasteiger partial charge in [-0.25, -0.2) is 14.4 Å². The Balaban J connectivity index is 2.05. The molecule has 0 saturated heterocycles. The maximum absolute atomic E-state index is 13.9. The van der Waals surface area contributed by atoms with E-state index in [1.54, 1.807) is 25.7 Å². The van der Waals surface area contributed by atoms with Gasteiger partial charge in [0.25, 0.3) is 5.91 Å². The average Bonchev–Trinajstić information content (AvgIpc) is 3.29. The molecule has 12 nitrogen and oxygen atoms in total. The van der Waals surface area contributed by atoms with Crippen LogP contribution in [-0.4, -0.2) is 88.1 Å². The zero-order valence-corrected chi connectivity index (χ0v) is 47.7. The normalized spacial score (nSPS) is 12.9. The van der Waals surface area contributed by atoms with Gasteiger partial charge in [-0.1, -0.05) is 132 Å². The van der Waals surface area contributed by atoms with E-state index in [4.69, 9.17) is 33.2 Å². The number of carbonyl (C=O) groups is 4. The van der Waals surface area contributed by atoms with Gasteiger partial charge in [0.15, 0.2) is 26.4 Å². The number of ether oxygens (including phenoxy) is 7. The average molecular weight is 1020 g/mol. The second-order valence-electron chi connectivity index (χ2n) is 23.3. The summed E-state index contributed by atoms with van der Waals surface area (Å²) >= 11 is 0. The van der Waals surface area contributed by atoms with E-state index in [-0.39, 0.29) is 86.7 Å².